The van der Waals surface area contributed by atoms with Crippen LogP contribution in [0.4, 0.5) is 4.39 Å². The molecular weight excluding hydrogens is 325 g/mol. The largest absolute Gasteiger partial charge is 0.497 e. The molecule has 2 aromatic rings. The molecule has 1 fully saturated rings. The lowest BCUT2D eigenvalue weighted by atomic mass is 10.1. The van der Waals surface area contributed by atoms with Crippen LogP contribution in [0.3, 0.4) is 0 Å². The number of hydrogen-bond donors (Lipinski definition) is 1. The van der Waals surface area contributed by atoms with Crippen molar-refractivity contribution in [2.75, 3.05) is 20.2 Å². The van der Waals surface area contributed by atoms with Gasteiger partial charge in [-0.15, -0.1) is 0 Å². The monoisotopic (exact) mass is 345 g/mol. The minimum Gasteiger partial charge on any atom is -0.497 e. The van der Waals surface area contributed by atoms with E-state index in [0.717, 1.165) is 5.56 Å². The van der Waals surface area contributed by atoms with Gasteiger partial charge in [0.15, 0.2) is 0 Å². The van der Waals surface area contributed by atoms with Crippen LogP contribution < -0.4 is 9.47 Å². The Kier molecular flexibility index (Phi) is 4.90. The zero-order chi connectivity index (χ0) is 17.9. The Hall–Kier alpha value is -2.60. The normalized spacial score (nSPS) is 20.4. The second-order valence-corrected chi connectivity index (χ2v) is 6.16. The Morgan fingerprint density at radius 3 is 2.56 bits per heavy atom. The highest BCUT2D eigenvalue weighted by molar-refractivity contribution is 5.78. The number of methoxy groups -OCH3 is 1. The number of ether oxygens (including phenoxy) is 2. The van der Waals surface area contributed by atoms with Gasteiger partial charge in [-0.3, -0.25) is 4.90 Å². The summed E-state index contributed by atoms with van der Waals surface area (Å²) in [5.74, 6) is 0.643. The summed E-state index contributed by atoms with van der Waals surface area (Å²) in [6.07, 6.45) is 0.0162. The number of hydrogen-bond acceptors (Lipinski definition) is 4. The maximum Gasteiger partial charge on any atom is 0.342 e. The molecule has 1 saturated heterocycles. The summed E-state index contributed by atoms with van der Waals surface area (Å²) in [5, 5.41) is 8.98. The lowest BCUT2D eigenvalue weighted by Gasteiger charge is -2.18. The van der Waals surface area contributed by atoms with E-state index in [0.29, 0.717) is 30.3 Å². The molecule has 0 aromatic heterocycles. The average molecular weight is 345 g/mol. The van der Waals surface area contributed by atoms with E-state index in [1.807, 2.05) is 42.5 Å². The van der Waals surface area contributed by atoms with E-state index in [1.54, 1.807) is 18.1 Å². The van der Waals surface area contributed by atoms with Crippen LogP contribution in [0.15, 0.2) is 48.5 Å². The van der Waals surface area contributed by atoms with Gasteiger partial charge < -0.3 is 14.6 Å². The summed E-state index contributed by atoms with van der Waals surface area (Å²) in [7, 11) is 1.60. The number of carboxylic acids is 1. The highest BCUT2D eigenvalue weighted by atomic mass is 19.1. The molecule has 5 nitrogen and oxygen atoms in total. The fourth-order valence-corrected chi connectivity index (χ4v) is 2.92. The summed E-state index contributed by atoms with van der Waals surface area (Å²) < 4.78 is 25.2. The average Bonchev–Trinajstić information content (AvgIpc) is 2.98. The van der Waals surface area contributed by atoms with Crippen LogP contribution in [-0.2, 0) is 11.3 Å². The zero-order valence-corrected chi connectivity index (χ0v) is 13.9. The minimum absolute atomic E-state index is 0.0162. The summed E-state index contributed by atoms with van der Waals surface area (Å²) in [6.45, 7) is 0.807. The Labute approximate surface area is 145 Å². The molecule has 1 atom stereocenters. The van der Waals surface area contributed by atoms with Crippen molar-refractivity contribution >= 4 is 5.97 Å². The van der Waals surface area contributed by atoms with E-state index in [4.69, 9.17) is 14.6 Å². The van der Waals surface area contributed by atoms with Gasteiger partial charge in [-0.05, 0) is 29.8 Å². The number of halogens is 1. The van der Waals surface area contributed by atoms with E-state index in [-0.39, 0.29) is 13.0 Å². The van der Waals surface area contributed by atoms with Crippen molar-refractivity contribution < 1.29 is 23.8 Å². The van der Waals surface area contributed by atoms with Gasteiger partial charge in [0.2, 0.25) is 5.67 Å². The smallest absolute Gasteiger partial charge is 0.342 e. The Balaban J connectivity index is 1.67. The number of rotatable bonds is 6. The zero-order valence-electron chi connectivity index (χ0n) is 13.9. The van der Waals surface area contributed by atoms with Gasteiger partial charge in [0, 0.05) is 32.1 Å². The minimum atomic E-state index is -2.14. The molecule has 3 rings (SSSR count). The standard InChI is InChI=1S/C19H20FNO4/c1-24-15-5-3-7-17(11-15)25-16-6-2-4-14(10-16)12-21-9-8-19(20,13-21)18(22)23/h2-7,10-11H,8-9,12-13H2,1H3,(H,22,23). The van der Waals surface area contributed by atoms with Crippen LogP contribution in [0, 0.1) is 0 Å². The van der Waals surface area contributed by atoms with Gasteiger partial charge in [-0.1, -0.05) is 18.2 Å². The van der Waals surface area contributed by atoms with E-state index >= 15 is 0 Å². The van der Waals surface area contributed by atoms with Crippen LogP contribution in [0.5, 0.6) is 17.2 Å². The predicted octanol–water partition coefficient (Wildman–Crippen LogP) is 3.49. The van der Waals surface area contributed by atoms with Crippen molar-refractivity contribution in [3.05, 3.63) is 54.1 Å². The summed E-state index contributed by atoms with van der Waals surface area (Å²) >= 11 is 0. The van der Waals surface area contributed by atoms with Crippen molar-refractivity contribution in [1.82, 2.24) is 4.90 Å². The molecule has 0 saturated carbocycles. The molecule has 2 aromatic carbocycles. The number of nitrogens with zero attached hydrogens (tertiary/aromatic N) is 1. The molecule has 0 aliphatic carbocycles. The third-order valence-electron chi connectivity index (χ3n) is 4.26. The van der Waals surface area contributed by atoms with E-state index < -0.39 is 11.6 Å². The SMILES string of the molecule is COc1cccc(Oc2cccc(CN3CCC(F)(C(=O)O)C3)c2)c1. The first-order valence-corrected chi connectivity index (χ1v) is 8.04. The molecule has 1 unspecified atom stereocenters. The van der Waals surface area contributed by atoms with Crippen LogP contribution >= 0.6 is 0 Å². The number of carboxylic acid groups (broad SMARTS) is 1. The fraction of sp³-hybridized carbons (Fsp3) is 0.316. The number of alkyl halides is 1. The first kappa shape index (κ1) is 17.2. The molecule has 25 heavy (non-hydrogen) atoms. The van der Waals surface area contributed by atoms with Crippen LogP contribution in [0.1, 0.15) is 12.0 Å². The maximum atomic E-state index is 14.1. The van der Waals surface area contributed by atoms with Gasteiger partial charge in [-0.2, -0.15) is 0 Å². The second kappa shape index (κ2) is 7.11. The molecular formula is C19H20FNO4. The third kappa shape index (κ3) is 4.09. The third-order valence-corrected chi connectivity index (χ3v) is 4.26. The van der Waals surface area contributed by atoms with Crippen molar-refractivity contribution in [3.63, 3.8) is 0 Å². The van der Waals surface area contributed by atoms with Gasteiger partial charge in [0.25, 0.3) is 0 Å². The molecule has 1 aliphatic rings. The number of benzene rings is 2. The van der Waals surface area contributed by atoms with E-state index in [2.05, 4.69) is 0 Å². The molecule has 132 valence electrons. The number of likely N-dealkylation sites (tertiary alicyclic amines) is 1. The topological polar surface area (TPSA) is 59.0 Å². The lowest BCUT2D eigenvalue weighted by molar-refractivity contribution is -0.149. The molecule has 1 aliphatic heterocycles. The van der Waals surface area contributed by atoms with Crippen molar-refractivity contribution in [1.29, 1.82) is 0 Å². The van der Waals surface area contributed by atoms with Crippen molar-refractivity contribution in [2.45, 2.75) is 18.6 Å². The van der Waals surface area contributed by atoms with Crippen molar-refractivity contribution in [3.8, 4) is 17.2 Å². The van der Waals surface area contributed by atoms with Crippen LogP contribution in [-0.4, -0.2) is 41.8 Å². The summed E-state index contributed by atoms with van der Waals surface area (Å²) in [5.41, 5.74) is -1.20. The van der Waals surface area contributed by atoms with Gasteiger partial charge >= 0.3 is 5.97 Å². The molecule has 0 bridgehead atoms. The first-order chi connectivity index (χ1) is 12.0. The fourth-order valence-electron chi connectivity index (χ4n) is 2.92. The first-order valence-electron chi connectivity index (χ1n) is 8.04. The van der Waals surface area contributed by atoms with E-state index in [9.17, 15) is 9.18 Å². The Morgan fingerprint density at radius 1 is 1.20 bits per heavy atom. The second-order valence-electron chi connectivity index (χ2n) is 6.16. The molecule has 1 N–H and O–H groups in total. The summed E-state index contributed by atoms with van der Waals surface area (Å²) in [4.78, 5) is 12.8. The predicted molar refractivity (Wildman–Crippen MR) is 90.9 cm³/mol. The number of aliphatic carboxylic acids is 1. The lowest BCUT2D eigenvalue weighted by Crippen LogP contribution is -2.36. The molecule has 6 heteroatoms. The number of carbonyl (C=O) groups is 1. The maximum absolute atomic E-state index is 14.1. The Morgan fingerprint density at radius 2 is 1.88 bits per heavy atom. The summed E-state index contributed by atoms with van der Waals surface area (Å²) in [6, 6.07) is 14.8. The highest BCUT2D eigenvalue weighted by Gasteiger charge is 2.45. The molecule has 1 heterocycles. The van der Waals surface area contributed by atoms with Crippen LogP contribution in [0.25, 0.3) is 0 Å². The van der Waals surface area contributed by atoms with Crippen molar-refractivity contribution in [2.24, 2.45) is 0 Å². The van der Waals surface area contributed by atoms with Gasteiger partial charge in [-0.25, -0.2) is 9.18 Å². The molecule has 0 spiro atoms. The van der Waals surface area contributed by atoms with E-state index in [1.165, 1.54) is 0 Å². The quantitative estimate of drug-likeness (QED) is 0.868. The highest BCUT2D eigenvalue weighted by Crippen LogP contribution is 2.29. The van der Waals surface area contributed by atoms with Gasteiger partial charge in [0.1, 0.15) is 17.2 Å². The van der Waals surface area contributed by atoms with Crippen LogP contribution in [0.2, 0.25) is 0 Å². The van der Waals surface area contributed by atoms with Gasteiger partial charge in [0.05, 0.1) is 7.11 Å². The molecule has 0 radical (unpaired) electrons. The Bertz CT molecular complexity index is 767. The molecule has 0 amide bonds.